The first-order chi connectivity index (χ1) is 12.3. The van der Waals surface area contributed by atoms with Crippen molar-refractivity contribution in [2.75, 3.05) is 0 Å². The molecule has 136 valence electrons. The van der Waals surface area contributed by atoms with Gasteiger partial charge in [0.15, 0.2) is 5.82 Å². The van der Waals surface area contributed by atoms with Crippen LogP contribution in [0.25, 0.3) is 0 Å². The summed E-state index contributed by atoms with van der Waals surface area (Å²) in [6.07, 6.45) is 0.426. The third-order valence-corrected chi connectivity index (χ3v) is 4.71. The summed E-state index contributed by atoms with van der Waals surface area (Å²) < 4.78 is 6.93. The van der Waals surface area contributed by atoms with E-state index in [0.29, 0.717) is 35.4 Å². The second-order valence-electron chi connectivity index (χ2n) is 6.74. The van der Waals surface area contributed by atoms with Crippen LogP contribution in [0, 0.1) is 6.92 Å². The molecule has 0 saturated carbocycles. The van der Waals surface area contributed by atoms with Crippen LogP contribution in [0.4, 0.5) is 0 Å². The minimum absolute atomic E-state index is 0.0338. The monoisotopic (exact) mass is 373 g/mol. The Bertz CT molecular complexity index is 974. The summed E-state index contributed by atoms with van der Waals surface area (Å²) in [7, 11) is 0. The van der Waals surface area contributed by atoms with Gasteiger partial charge >= 0.3 is 0 Å². The molecule has 0 saturated heterocycles. The third-order valence-electron chi connectivity index (χ3n) is 4.46. The summed E-state index contributed by atoms with van der Waals surface area (Å²) in [6.45, 7) is 6.19. The minimum Gasteiger partial charge on any atom is -0.508 e. The lowest BCUT2D eigenvalue weighted by Crippen LogP contribution is -2.22. The lowest BCUT2D eigenvalue weighted by molar-refractivity contribution is 0.359. The zero-order chi connectivity index (χ0) is 18.9. The number of nitrogens with zero attached hydrogens (tertiary/aromatic N) is 3. The molecule has 6 nitrogen and oxygen atoms in total. The number of aryl methyl sites for hydroxylation is 2. The van der Waals surface area contributed by atoms with Crippen molar-refractivity contribution in [3.05, 3.63) is 74.7 Å². The predicted octanol–water partition coefficient (Wildman–Crippen LogP) is 3.47. The van der Waals surface area contributed by atoms with Gasteiger partial charge in [0, 0.05) is 29.7 Å². The number of hydrogen-bond donors (Lipinski definition) is 1. The SMILES string of the molecule is Cc1cc(O)cc(=O)n1CCc1nc(C(C)(C)c2ccc(Cl)cc2)no1. The van der Waals surface area contributed by atoms with Gasteiger partial charge in [-0.15, -0.1) is 0 Å². The van der Waals surface area contributed by atoms with E-state index in [0.717, 1.165) is 5.56 Å². The number of aromatic hydroxyl groups is 1. The molecule has 3 rings (SSSR count). The molecule has 0 atom stereocenters. The first-order valence-corrected chi connectivity index (χ1v) is 8.65. The first-order valence-electron chi connectivity index (χ1n) is 8.27. The zero-order valence-corrected chi connectivity index (χ0v) is 15.6. The number of hydrogen-bond acceptors (Lipinski definition) is 5. The molecule has 0 aliphatic rings. The maximum absolute atomic E-state index is 12.0. The molecular weight excluding hydrogens is 354 g/mol. The highest BCUT2D eigenvalue weighted by Gasteiger charge is 2.28. The molecule has 0 amide bonds. The predicted molar refractivity (Wildman–Crippen MR) is 98.7 cm³/mol. The van der Waals surface area contributed by atoms with Crippen LogP contribution >= 0.6 is 11.6 Å². The number of halogens is 1. The minimum atomic E-state index is -0.433. The molecule has 2 heterocycles. The van der Waals surface area contributed by atoms with E-state index in [1.54, 1.807) is 17.6 Å². The van der Waals surface area contributed by atoms with Crippen molar-refractivity contribution in [2.45, 2.75) is 39.2 Å². The van der Waals surface area contributed by atoms with Gasteiger partial charge in [-0.1, -0.05) is 28.9 Å². The van der Waals surface area contributed by atoms with E-state index >= 15 is 0 Å². The molecule has 0 bridgehead atoms. The number of pyridine rings is 1. The summed E-state index contributed by atoms with van der Waals surface area (Å²) in [6, 6.07) is 10.3. The van der Waals surface area contributed by atoms with Gasteiger partial charge in [0.25, 0.3) is 5.56 Å². The molecule has 0 spiro atoms. The summed E-state index contributed by atoms with van der Waals surface area (Å²) in [5.74, 6) is 1.000. The van der Waals surface area contributed by atoms with Gasteiger partial charge in [0.1, 0.15) is 5.75 Å². The van der Waals surface area contributed by atoms with Crippen molar-refractivity contribution in [3.63, 3.8) is 0 Å². The Labute approximate surface area is 156 Å². The van der Waals surface area contributed by atoms with Crippen LogP contribution in [0.3, 0.4) is 0 Å². The summed E-state index contributed by atoms with van der Waals surface area (Å²) >= 11 is 5.95. The Morgan fingerprint density at radius 3 is 2.58 bits per heavy atom. The van der Waals surface area contributed by atoms with Crippen LogP contribution in [0.1, 0.15) is 36.8 Å². The second kappa shape index (κ2) is 6.96. The fourth-order valence-electron chi connectivity index (χ4n) is 2.81. The Morgan fingerprint density at radius 2 is 1.92 bits per heavy atom. The summed E-state index contributed by atoms with van der Waals surface area (Å²) in [5.41, 5.74) is 1.01. The van der Waals surface area contributed by atoms with Crippen LogP contribution in [-0.4, -0.2) is 19.8 Å². The van der Waals surface area contributed by atoms with E-state index < -0.39 is 5.41 Å². The van der Waals surface area contributed by atoms with Gasteiger partial charge in [-0.25, -0.2) is 0 Å². The Hall–Kier alpha value is -2.60. The van der Waals surface area contributed by atoms with Crippen molar-refractivity contribution in [3.8, 4) is 5.75 Å². The lowest BCUT2D eigenvalue weighted by Gasteiger charge is -2.20. The quantitative estimate of drug-likeness (QED) is 0.740. The maximum Gasteiger partial charge on any atom is 0.254 e. The van der Waals surface area contributed by atoms with Crippen LogP contribution in [0.2, 0.25) is 5.02 Å². The largest absolute Gasteiger partial charge is 0.508 e. The average Bonchev–Trinajstić information content (AvgIpc) is 3.04. The van der Waals surface area contributed by atoms with E-state index in [-0.39, 0.29) is 11.3 Å². The maximum atomic E-state index is 12.0. The summed E-state index contributed by atoms with van der Waals surface area (Å²) in [5, 5.41) is 14.2. The highest BCUT2D eigenvalue weighted by molar-refractivity contribution is 6.30. The Morgan fingerprint density at radius 1 is 1.23 bits per heavy atom. The van der Waals surface area contributed by atoms with E-state index in [2.05, 4.69) is 10.1 Å². The van der Waals surface area contributed by atoms with Crippen molar-refractivity contribution in [2.24, 2.45) is 0 Å². The smallest absolute Gasteiger partial charge is 0.254 e. The van der Waals surface area contributed by atoms with E-state index in [1.807, 2.05) is 38.1 Å². The standard InChI is InChI=1S/C19H20ClN3O3/c1-12-10-15(24)11-17(25)23(12)9-8-16-21-18(22-26-16)19(2,3)13-4-6-14(20)7-5-13/h4-7,10-11,24H,8-9H2,1-3H3. The molecule has 26 heavy (non-hydrogen) atoms. The van der Waals surface area contributed by atoms with Gasteiger partial charge in [-0.2, -0.15) is 4.98 Å². The molecular formula is C19H20ClN3O3. The molecule has 0 radical (unpaired) electrons. The van der Waals surface area contributed by atoms with Gasteiger partial charge in [-0.3, -0.25) is 4.79 Å². The first kappa shape index (κ1) is 18.2. The van der Waals surface area contributed by atoms with Gasteiger partial charge < -0.3 is 14.2 Å². The molecule has 3 aromatic rings. The number of benzene rings is 1. The van der Waals surface area contributed by atoms with Gasteiger partial charge in [-0.05, 0) is 44.5 Å². The van der Waals surface area contributed by atoms with Crippen molar-refractivity contribution < 1.29 is 9.63 Å². The molecule has 1 N–H and O–H groups in total. The highest BCUT2D eigenvalue weighted by Crippen LogP contribution is 2.30. The van der Waals surface area contributed by atoms with Gasteiger partial charge in [0.2, 0.25) is 5.89 Å². The molecule has 0 aliphatic heterocycles. The molecule has 7 heteroatoms. The average molecular weight is 374 g/mol. The normalized spacial score (nSPS) is 11.7. The number of aromatic nitrogens is 3. The molecule has 1 aromatic carbocycles. The lowest BCUT2D eigenvalue weighted by atomic mass is 9.84. The van der Waals surface area contributed by atoms with Crippen molar-refractivity contribution >= 4 is 11.6 Å². The van der Waals surface area contributed by atoms with E-state index in [1.165, 1.54) is 6.07 Å². The molecule has 0 unspecified atom stereocenters. The van der Waals surface area contributed by atoms with Crippen LogP contribution < -0.4 is 5.56 Å². The fraction of sp³-hybridized carbons (Fsp3) is 0.316. The van der Waals surface area contributed by atoms with Crippen molar-refractivity contribution in [1.29, 1.82) is 0 Å². The number of rotatable bonds is 5. The second-order valence-corrected chi connectivity index (χ2v) is 7.17. The highest BCUT2D eigenvalue weighted by atomic mass is 35.5. The zero-order valence-electron chi connectivity index (χ0n) is 14.9. The van der Waals surface area contributed by atoms with Crippen molar-refractivity contribution in [1.82, 2.24) is 14.7 Å². The topological polar surface area (TPSA) is 81.1 Å². The third kappa shape index (κ3) is 3.65. The van der Waals surface area contributed by atoms with E-state index in [4.69, 9.17) is 16.1 Å². The summed E-state index contributed by atoms with van der Waals surface area (Å²) in [4.78, 5) is 16.5. The Kier molecular flexibility index (Phi) is 4.87. The molecule has 2 aromatic heterocycles. The molecule has 0 aliphatic carbocycles. The van der Waals surface area contributed by atoms with Crippen LogP contribution in [-0.2, 0) is 18.4 Å². The fourth-order valence-corrected chi connectivity index (χ4v) is 2.94. The van der Waals surface area contributed by atoms with Crippen LogP contribution in [0.15, 0.2) is 45.7 Å². The van der Waals surface area contributed by atoms with E-state index in [9.17, 15) is 9.90 Å². The molecule has 0 fully saturated rings. The van der Waals surface area contributed by atoms with Crippen LogP contribution in [0.5, 0.6) is 5.75 Å². The Balaban J connectivity index is 1.78. The van der Waals surface area contributed by atoms with Gasteiger partial charge in [0.05, 0.1) is 5.41 Å².